The van der Waals surface area contributed by atoms with Gasteiger partial charge >= 0.3 is 5.97 Å². The lowest BCUT2D eigenvalue weighted by Crippen LogP contribution is -2.62. The molecule has 2 bridgehead atoms. The molecule has 5 heterocycles. The smallest absolute Gasteiger partial charge is 0.303 e. The number of primary amides is 2. The first-order chi connectivity index (χ1) is 52.0. The zero-order valence-electron chi connectivity index (χ0n) is 60.8. The van der Waals surface area contributed by atoms with Crippen LogP contribution in [0.25, 0.3) is 0 Å². The van der Waals surface area contributed by atoms with Crippen molar-refractivity contribution in [2.45, 2.75) is 184 Å². The number of nitrogens with two attached hydrogens (primary N) is 3. The van der Waals surface area contributed by atoms with Gasteiger partial charge in [0.15, 0.2) is 0 Å². The highest BCUT2D eigenvalue weighted by atomic mass is 33.1. The number of aromatic amines is 2. The van der Waals surface area contributed by atoms with E-state index in [0.29, 0.717) is 5.69 Å². The molecular weight excluding hydrogens is 1530 g/mol. The molecule has 0 saturated carbocycles. The largest absolute Gasteiger partial charge is 0.481 e. The summed E-state index contributed by atoms with van der Waals surface area (Å²) in [6, 6.07) is -25.1. The summed E-state index contributed by atoms with van der Waals surface area (Å²) in [6.45, 7) is 5.53. The third-order valence-corrected chi connectivity index (χ3v) is 21.8. The Labute approximate surface area is 645 Å². The van der Waals surface area contributed by atoms with E-state index in [1.807, 2.05) is 0 Å². The summed E-state index contributed by atoms with van der Waals surface area (Å²) in [5.74, 6) is -23.0. The van der Waals surface area contributed by atoms with Crippen LogP contribution in [0.15, 0.2) is 25.0 Å². The lowest BCUT2D eigenvalue weighted by molar-refractivity contribution is -0.142. The van der Waals surface area contributed by atoms with Gasteiger partial charge in [-0.15, -0.1) is 0 Å². The first kappa shape index (κ1) is 90.8. The van der Waals surface area contributed by atoms with Gasteiger partial charge in [-0.2, -0.15) is 0 Å². The van der Waals surface area contributed by atoms with Crippen molar-refractivity contribution in [1.29, 1.82) is 0 Å². The van der Waals surface area contributed by atoms with Crippen LogP contribution >= 0.6 is 43.2 Å². The molecule has 17 amide bonds. The molecule has 608 valence electrons. The standard InChI is InChI=1S/C63H96N22O21S4/c1-27(2)12-34-54(97)81-40(49(66)92)21-107-109-24-43-60(103)79-38(19-86)56(99)78-37(14-32-18-68-26-70-32)63(106)85-11-7-8-44(85)61(104)72-30(6)51(94)82-42(23-110-108-22-41(58(101)83-43)73-46(89)16-64)59(102)80-39(20-87)57(100)84-48(28(3)4)62(105)77-36(15-45(65)88)55(98)76-35(13-31-17-67-25-69-31)53(96)71-29(5)50(93)74-33(52(95)75-34)9-10-47(90)91/h17-18,25-30,33-44,48,86-87H,7-16,19-24,64H2,1-6H3,(H2,65,88)(H2,66,92)(H,67,69)(H,68,70)(H,71,96)(H,72,104)(H,73,89)(H,74,93)(H,75,95)(H,76,98)(H,77,105)(H,78,99)(H,79,103)(H,80,102)(H,81,97)(H,82,94)(H,83,101)(H,84,100)(H,90,91)/t29-,30-,33-,34-,35-,36-,37-,38-,39-,40-,41-,42-,43-,44-,48-/m0/s1. The monoisotopic (exact) mass is 1620 g/mol. The second-order valence-electron chi connectivity index (χ2n) is 26.5. The molecule has 0 spiro atoms. The van der Waals surface area contributed by atoms with Gasteiger partial charge in [0.1, 0.15) is 90.6 Å². The number of fused-ring (bicyclic) bond motifs is 9. The molecule has 3 saturated heterocycles. The Morgan fingerprint density at radius 1 is 0.536 bits per heavy atom. The van der Waals surface area contributed by atoms with E-state index in [0.717, 1.165) is 55.0 Å². The van der Waals surface area contributed by atoms with Crippen LogP contribution in [0.5, 0.6) is 0 Å². The third kappa shape index (κ3) is 28.9. The molecule has 3 aliphatic rings. The van der Waals surface area contributed by atoms with Crippen molar-refractivity contribution in [2.75, 3.05) is 49.3 Å². The lowest BCUT2D eigenvalue weighted by atomic mass is 10.0. The molecule has 3 aliphatic heterocycles. The number of amides is 17. The van der Waals surface area contributed by atoms with Crippen molar-refractivity contribution >= 4 is 150 Å². The zero-order valence-corrected chi connectivity index (χ0v) is 64.1. The van der Waals surface area contributed by atoms with Gasteiger partial charge in [-0.05, 0) is 51.4 Å². The summed E-state index contributed by atoms with van der Waals surface area (Å²) in [7, 11) is 3.15. The average molecular weight is 1630 g/mol. The minimum atomic E-state index is -1.96. The fourth-order valence-corrected chi connectivity index (χ4v) is 15.6. The van der Waals surface area contributed by atoms with Gasteiger partial charge in [0, 0.05) is 72.6 Å². The maximum absolute atomic E-state index is 14.7. The molecule has 0 aliphatic carbocycles. The maximum Gasteiger partial charge on any atom is 0.303 e. The number of imidazole rings is 2. The van der Waals surface area contributed by atoms with Gasteiger partial charge in [-0.25, -0.2) is 9.97 Å². The van der Waals surface area contributed by atoms with E-state index in [2.05, 4.69) is 94.4 Å². The predicted molar refractivity (Wildman–Crippen MR) is 395 cm³/mol. The fraction of sp³-hybridized carbons (Fsp3) is 0.619. The number of aliphatic hydroxyl groups excluding tert-OH is 2. The summed E-state index contributed by atoms with van der Waals surface area (Å²) in [4.78, 5) is 266. The second-order valence-corrected chi connectivity index (χ2v) is 31.6. The molecule has 0 unspecified atom stereocenters. The Kier molecular flexibility index (Phi) is 36.9. The van der Waals surface area contributed by atoms with E-state index < -0.39 is 271 Å². The molecular formula is C63H96N22O21S4. The molecule has 2 aromatic heterocycles. The highest BCUT2D eigenvalue weighted by molar-refractivity contribution is 8.77. The van der Waals surface area contributed by atoms with E-state index in [1.165, 1.54) is 45.8 Å². The van der Waals surface area contributed by atoms with Crippen molar-refractivity contribution in [1.82, 2.24) is 99.3 Å². The van der Waals surface area contributed by atoms with Gasteiger partial charge in [-0.3, -0.25) is 86.3 Å². The number of carboxylic acid groups (broad SMARTS) is 1. The Bertz CT molecular complexity index is 3620. The van der Waals surface area contributed by atoms with Crippen LogP contribution in [0.3, 0.4) is 0 Å². The van der Waals surface area contributed by atoms with E-state index in [9.17, 15) is 102 Å². The van der Waals surface area contributed by atoms with Crippen LogP contribution in [0.2, 0.25) is 0 Å². The minimum Gasteiger partial charge on any atom is -0.481 e. The van der Waals surface area contributed by atoms with Crippen LogP contribution in [0.1, 0.15) is 91.5 Å². The number of carbonyl (C=O) groups excluding carboxylic acids is 17. The number of carbonyl (C=O) groups is 18. The Balaban J connectivity index is 1.64. The number of nitrogens with zero attached hydrogens (tertiary/aromatic N) is 3. The summed E-state index contributed by atoms with van der Waals surface area (Å²) in [5.41, 5.74) is 17.5. The van der Waals surface area contributed by atoms with Crippen LogP contribution in [-0.2, 0) is 99.1 Å². The second kappa shape index (κ2) is 44.7. The number of hydrogen-bond donors (Lipinski definition) is 22. The molecule has 15 atom stereocenters. The number of carboxylic acids is 1. The first-order valence-electron chi connectivity index (χ1n) is 34.7. The molecule has 2 aromatic rings. The third-order valence-electron chi connectivity index (χ3n) is 17.0. The normalized spacial score (nSPS) is 27.7. The van der Waals surface area contributed by atoms with Gasteiger partial charge < -0.3 is 122 Å². The van der Waals surface area contributed by atoms with Crippen molar-refractivity contribution in [3.05, 3.63) is 36.4 Å². The molecule has 47 heteroatoms. The number of nitrogens with one attached hydrogen (secondary N) is 16. The van der Waals surface area contributed by atoms with Crippen molar-refractivity contribution in [2.24, 2.45) is 29.0 Å². The van der Waals surface area contributed by atoms with Gasteiger partial charge in [0.25, 0.3) is 0 Å². The molecule has 43 nitrogen and oxygen atoms in total. The van der Waals surface area contributed by atoms with Crippen molar-refractivity contribution in [3.63, 3.8) is 0 Å². The number of aliphatic carboxylic acids is 1. The van der Waals surface area contributed by atoms with Gasteiger partial charge in [0.2, 0.25) is 100 Å². The molecule has 3 fully saturated rings. The first-order valence-corrected chi connectivity index (χ1v) is 39.7. The van der Waals surface area contributed by atoms with Crippen molar-refractivity contribution < 1.29 is 102 Å². The molecule has 5 rings (SSSR count). The maximum atomic E-state index is 14.7. The topological polar surface area (TPSA) is 675 Å². The highest BCUT2D eigenvalue weighted by Gasteiger charge is 2.42. The Morgan fingerprint density at radius 3 is 1.53 bits per heavy atom. The summed E-state index contributed by atoms with van der Waals surface area (Å²) in [5, 5.41) is 65.1. The number of H-pyrrole nitrogens is 2. The number of hydrogen-bond acceptors (Lipinski definition) is 27. The predicted octanol–water partition coefficient (Wildman–Crippen LogP) is -9.60. The Morgan fingerprint density at radius 2 is 1.00 bits per heavy atom. The molecule has 0 radical (unpaired) electrons. The van der Waals surface area contributed by atoms with E-state index in [4.69, 9.17) is 17.2 Å². The number of aromatic nitrogens is 4. The Hall–Kier alpha value is -9.84. The van der Waals surface area contributed by atoms with Crippen LogP contribution in [-0.4, -0.2) is 286 Å². The minimum absolute atomic E-state index is 0.0415. The van der Waals surface area contributed by atoms with E-state index >= 15 is 0 Å². The quantitative estimate of drug-likeness (QED) is 0.0654. The zero-order chi connectivity index (χ0) is 81.6. The fourth-order valence-electron chi connectivity index (χ4n) is 10.9. The molecule has 0 aromatic carbocycles. The molecule has 25 N–H and O–H groups in total. The van der Waals surface area contributed by atoms with Crippen LogP contribution in [0.4, 0.5) is 0 Å². The summed E-state index contributed by atoms with van der Waals surface area (Å²) in [6.07, 6.45) is 2.26. The number of aliphatic hydroxyl groups is 2. The lowest BCUT2D eigenvalue weighted by Gasteiger charge is -2.30. The average Bonchev–Trinajstić information content (AvgIpc) is 1.65. The van der Waals surface area contributed by atoms with Crippen LogP contribution in [0, 0.1) is 11.8 Å². The molecule has 110 heavy (non-hydrogen) atoms. The van der Waals surface area contributed by atoms with Gasteiger partial charge in [-0.1, -0.05) is 70.9 Å². The SMILES string of the molecule is CC(C)C[C@@H]1NC(=O)[C@H](CCC(=O)O)NC(=O)[C@H](C)NC(=O)[C@H](Cc2cnc[nH]2)NC(=O)[C@H](CC(N)=O)NC(=O)[C@H](C(C)C)NC(=O)[C@H](CO)NC(=O)[C@@H]2CSSC[C@H](NC(=O)CN)C(=O)N[C@@H](CSSC[C@@H](C(N)=O)NC1=O)C(=O)N[C@@H](CO)C(=O)N[C@@H](Cc1cnc[nH]1)C(=O)N1CCC[C@H]1C(=O)N[C@@H](C)C(=O)N2. The van der Waals surface area contributed by atoms with Crippen LogP contribution < -0.4 is 91.6 Å². The van der Waals surface area contributed by atoms with E-state index in [-0.39, 0.29) is 43.8 Å². The van der Waals surface area contributed by atoms with Gasteiger partial charge in [0.05, 0.1) is 38.8 Å². The highest BCUT2D eigenvalue weighted by Crippen LogP contribution is 2.26. The summed E-state index contributed by atoms with van der Waals surface area (Å²) < 4.78 is 0. The summed E-state index contributed by atoms with van der Waals surface area (Å²) >= 11 is 0. The van der Waals surface area contributed by atoms with E-state index in [1.54, 1.807) is 13.8 Å². The van der Waals surface area contributed by atoms with Crippen molar-refractivity contribution in [3.8, 4) is 0 Å². The number of rotatable bonds is 17.